The van der Waals surface area contributed by atoms with Crippen molar-refractivity contribution in [3.05, 3.63) is 23.2 Å². The van der Waals surface area contributed by atoms with E-state index in [1.807, 2.05) is 12.1 Å². The van der Waals surface area contributed by atoms with Crippen molar-refractivity contribution >= 4 is 34.6 Å². The minimum absolute atomic E-state index is 0.601. The van der Waals surface area contributed by atoms with Crippen molar-refractivity contribution in [2.75, 3.05) is 39.1 Å². The van der Waals surface area contributed by atoms with Gasteiger partial charge in [0.25, 0.3) is 0 Å². The number of rotatable bonds is 4. The molecule has 1 heterocycles. The zero-order valence-corrected chi connectivity index (χ0v) is 14.1. The minimum Gasteiger partial charge on any atom is -0.495 e. The average molecular weight is 328 g/mol. The van der Waals surface area contributed by atoms with Gasteiger partial charge in [-0.2, -0.15) is 0 Å². The number of thiocarbonyl (C=S) groups is 1. The van der Waals surface area contributed by atoms with E-state index in [0.29, 0.717) is 16.1 Å². The Hall–Kier alpha value is -1.04. The zero-order valence-electron chi connectivity index (χ0n) is 12.5. The van der Waals surface area contributed by atoms with Crippen LogP contribution in [-0.4, -0.2) is 43.8 Å². The lowest BCUT2D eigenvalue weighted by atomic mass is 9.99. The summed E-state index contributed by atoms with van der Waals surface area (Å²) in [6, 6.07) is 5.42. The molecule has 21 heavy (non-hydrogen) atoms. The fourth-order valence-corrected chi connectivity index (χ4v) is 2.99. The third-order valence-electron chi connectivity index (χ3n) is 3.68. The van der Waals surface area contributed by atoms with Gasteiger partial charge < -0.3 is 20.3 Å². The number of hydrogen-bond acceptors (Lipinski definition) is 3. The first-order valence-corrected chi connectivity index (χ1v) is 7.94. The Morgan fingerprint density at radius 3 is 3.05 bits per heavy atom. The van der Waals surface area contributed by atoms with Crippen LogP contribution in [0.15, 0.2) is 18.2 Å². The van der Waals surface area contributed by atoms with Crippen LogP contribution in [0.3, 0.4) is 0 Å². The van der Waals surface area contributed by atoms with Crippen molar-refractivity contribution in [1.29, 1.82) is 0 Å². The summed E-state index contributed by atoms with van der Waals surface area (Å²) < 4.78 is 5.29. The quantitative estimate of drug-likeness (QED) is 0.832. The molecule has 0 aromatic heterocycles. The molecule has 2 rings (SSSR count). The third kappa shape index (κ3) is 5.02. The first-order chi connectivity index (χ1) is 10.1. The van der Waals surface area contributed by atoms with Crippen molar-refractivity contribution in [3.8, 4) is 5.75 Å². The lowest BCUT2D eigenvalue weighted by Gasteiger charge is -2.30. The number of piperidine rings is 1. The lowest BCUT2D eigenvalue weighted by molar-refractivity contribution is 0.211. The predicted molar refractivity (Wildman–Crippen MR) is 92.4 cm³/mol. The summed E-state index contributed by atoms with van der Waals surface area (Å²) in [6.45, 7) is 3.20. The van der Waals surface area contributed by atoms with E-state index in [0.717, 1.165) is 24.5 Å². The second-order valence-corrected chi connectivity index (χ2v) is 6.29. The van der Waals surface area contributed by atoms with Crippen LogP contribution in [0.2, 0.25) is 5.02 Å². The summed E-state index contributed by atoms with van der Waals surface area (Å²) in [5, 5.41) is 7.69. The molecule has 0 spiro atoms. The number of methoxy groups -OCH3 is 1. The highest BCUT2D eigenvalue weighted by molar-refractivity contribution is 7.80. The molecular formula is C15H22ClN3OS. The SMILES string of the molecule is COc1ccc(Cl)cc1NC(=S)NCC1CCCN(C)C1. The molecule has 0 radical (unpaired) electrons. The molecule has 0 bridgehead atoms. The summed E-state index contributed by atoms with van der Waals surface area (Å²) in [5.74, 6) is 1.37. The van der Waals surface area contributed by atoms with Crippen LogP contribution in [-0.2, 0) is 0 Å². The molecule has 1 fully saturated rings. The number of likely N-dealkylation sites (tertiary alicyclic amines) is 1. The smallest absolute Gasteiger partial charge is 0.170 e. The molecule has 2 N–H and O–H groups in total. The van der Waals surface area contributed by atoms with Crippen LogP contribution in [0.5, 0.6) is 5.75 Å². The highest BCUT2D eigenvalue weighted by Gasteiger charge is 2.17. The van der Waals surface area contributed by atoms with E-state index < -0.39 is 0 Å². The van der Waals surface area contributed by atoms with Crippen molar-refractivity contribution in [2.24, 2.45) is 5.92 Å². The van der Waals surface area contributed by atoms with Gasteiger partial charge in [-0.05, 0) is 62.8 Å². The van der Waals surface area contributed by atoms with Gasteiger partial charge in [-0.25, -0.2) is 0 Å². The number of nitrogens with zero attached hydrogens (tertiary/aromatic N) is 1. The van der Waals surface area contributed by atoms with Crippen LogP contribution in [0, 0.1) is 5.92 Å². The lowest BCUT2D eigenvalue weighted by Crippen LogP contribution is -2.40. The van der Waals surface area contributed by atoms with E-state index in [4.69, 9.17) is 28.6 Å². The number of benzene rings is 1. The number of anilines is 1. The topological polar surface area (TPSA) is 36.5 Å². The van der Waals surface area contributed by atoms with E-state index in [1.54, 1.807) is 13.2 Å². The maximum atomic E-state index is 6.01. The van der Waals surface area contributed by atoms with Gasteiger partial charge in [0.2, 0.25) is 0 Å². The van der Waals surface area contributed by atoms with E-state index >= 15 is 0 Å². The Labute approximate surface area is 136 Å². The predicted octanol–water partition coefficient (Wildman–Crippen LogP) is 2.98. The maximum absolute atomic E-state index is 6.01. The molecule has 0 aliphatic carbocycles. The van der Waals surface area contributed by atoms with E-state index in [9.17, 15) is 0 Å². The standard InChI is InChI=1S/C15H22ClN3OS/c1-19-7-3-4-11(10-19)9-17-15(21)18-13-8-12(16)5-6-14(13)20-2/h5-6,8,11H,3-4,7,9-10H2,1-2H3,(H2,17,18,21). The van der Waals surface area contributed by atoms with Crippen molar-refractivity contribution in [3.63, 3.8) is 0 Å². The van der Waals surface area contributed by atoms with Crippen LogP contribution in [0.1, 0.15) is 12.8 Å². The van der Waals surface area contributed by atoms with Gasteiger partial charge in [-0.3, -0.25) is 0 Å². The van der Waals surface area contributed by atoms with Gasteiger partial charge in [0.1, 0.15) is 5.75 Å². The molecule has 1 atom stereocenters. The van der Waals surface area contributed by atoms with Gasteiger partial charge in [-0.1, -0.05) is 11.6 Å². The monoisotopic (exact) mass is 327 g/mol. The fourth-order valence-electron chi connectivity index (χ4n) is 2.62. The van der Waals surface area contributed by atoms with Crippen LogP contribution in [0.25, 0.3) is 0 Å². The first kappa shape index (κ1) is 16.3. The maximum Gasteiger partial charge on any atom is 0.170 e. The summed E-state index contributed by atoms with van der Waals surface area (Å²) in [6.07, 6.45) is 2.51. The second-order valence-electron chi connectivity index (χ2n) is 5.45. The van der Waals surface area contributed by atoms with Gasteiger partial charge in [0.15, 0.2) is 5.11 Å². The van der Waals surface area contributed by atoms with E-state index in [1.165, 1.54) is 19.4 Å². The van der Waals surface area contributed by atoms with Crippen LogP contribution in [0.4, 0.5) is 5.69 Å². The Morgan fingerprint density at radius 1 is 1.52 bits per heavy atom. The summed E-state index contributed by atoms with van der Waals surface area (Å²) in [7, 11) is 3.79. The molecule has 1 aliphatic rings. The first-order valence-electron chi connectivity index (χ1n) is 7.15. The van der Waals surface area contributed by atoms with Crippen molar-refractivity contribution < 1.29 is 4.74 Å². The number of hydrogen-bond donors (Lipinski definition) is 2. The molecule has 116 valence electrons. The molecule has 0 saturated carbocycles. The van der Waals surface area contributed by atoms with Gasteiger partial charge in [0, 0.05) is 18.1 Å². The number of ether oxygens (including phenoxy) is 1. The molecule has 4 nitrogen and oxygen atoms in total. The fraction of sp³-hybridized carbons (Fsp3) is 0.533. The third-order valence-corrected chi connectivity index (χ3v) is 4.16. The summed E-state index contributed by atoms with van der Waals surface area (Å²) >= 11 is 11.4. The Kier molecular flexibility index (Phi) is 6.08. The zero-order chi connectivity index (χ0) is 15.2. The molecule has 1 unspecified atom stereocenters. The summed E-state index contributed by atoms with van der Waals surface area (Å²) in [5.41, 5.74) is 0.781. The minimum atomic E-state index is 0.601. The Bertz CT molecular complexity index is 498. The van der Waals surface area contributed by atoms with Gasteiger partial charge in [-0.15, -0.1) is 0 Å². The van der Waals surface area contributed by atoms with Crippen molar-refractivity contribution in [1.82, 2.24) is 10.2 Å². The van der Waals surface area contributed by atoms with Crippen molar-refractivity contribution in [2.45, 2.75) is 12.8 Å². The number of nitrogens with one attached hydrogen (secondary N) is 2. The Balaban J connectivity index is 1.85. The van der Waals surface area contributed by atoms with E-state index in [2.05, 4.69) is 22.6 Å². The molecule has 1 aromatic carbocycles. The molecule has 0 amide bonds. The normalized spacial score (nSPS) is 19.1. The van der Waals surface area contributed by atoms with Crippen LogP contribution < -0.4 is 15.4 Å². The van der Waals surface area contributed by atoms with E-state index in [-0.39, 0.29) is 0 Å². The molecule has 1 aromatic rings. The second kappa shape index (κ2) is 7.82. The molecule has 1 aliphatic heterocycles. The van der Waals surface area contributed by atoms with Gasteiger partial charge in [0.05, 0.1) is 12.8 Å². The highest BCUT2D eigenvalue weighted by atomic mass is 35.5. The van der Waals surface area contributed by atoms with Gasteiger partial charge >= 0.3 is 0 Å². The molecule has 6 heteroatoms. The highest BCUT2D eigenvalue weighted by Crippen LogP contribution is 2.27. The largest absolute Gasteiger partial charge is 0.495 e. The summed E-state index contributed by atoms with van der Waals surface area (Å²) in [4.78, 5) is 2.37. The Morgan fingerprint density at radius 2 is 2.33 bits per heavy atom. The molecule has 1 saturated heterocycles. The van der Waals surface area contributed by atoms with Crippen LogP contribution >= 0.6 is 23.8 Å². The average Bonchev–Trinajstić information content (AvgIpc) is 2.45. The molecular weight excluding hydrogens is 306 g/mol. The number of halogens is 1.